The largest absolute Gasteiger partial charge is 0.508 e. The van der Waals surface area contributed by atoms with Gasteiger partial charge < -0.3 is 15.7 Å². The van der Waals surface area contributed by atoms with Crippen LogP contribution >= 0.6 is 0 Å². The van der Waals surface area contributed by atoms with Gasteiger partial charge in [0, 0.05) is 29.9 Å². The summed E-state index contributed by atoms with van der Waals surface area (Å²) >= 11 is 0. The van der Waals surface area contributed by atoms with E-state index in [9.17, 15) is 9.90 Å². The fraction of sp³-hybridized carbons (Fsp3) is 0.235. The molecule has 0 bridgehead atoms. The lowest BCUT2D eigenvalue weighted by molar-refractivity contribution is 0.0950. The fourth-order valence-corrected chi connectivity index (χ4v) is 2.55. The Bertz CT molecular complexity index is 668. The van der Waals surface area contributed by atoms with Gasteiger partial charge in [0.2, 0.25) is 0 Å². The Balaban J connectivity index is 1.69. The topological polar surface area (TPSA) is 61.4 Å². The molecule has 0 unspecified atom stereocenters. The normalized spacial score (nSPS) is 13.1. The summed E-state index contributed by atoms with van der Waals surface area (Å²) in [7, 11) is 0. The van der Waals surface area contributed by atoms with E-state index in [2.05, 4.69) is 10.6 Å². The molecule has 0 aromatic heterocycles. The van der Waals surface area contributed by atoms with Crippen molar-refractivity contribution < 1.29 is 9.90 Å². The number of aromatic hydroxyl groups is 1. The third kappa shape index (κ3) is 2.99. The van der Waals surface area contributed by atoms with Crippen LogP contribution in [0.15, 0.2) is 42.5 Å². The summed E-state index contributed by atoms with van der Waals surface area (Å²) in [6.45, 7) is 1.31. The molecule has 3 N–H and O–H groups in total. The van der Waals surface area contributed by atoms with Crippen LogP contribution in [0.4, 0.5) is 5.69 Å². The van der Waals surface area contributed by atoms with Crippen LogP contribution in [0.3, 0.4) is 0 Å². The number of carbonyl (C=O) groups excluding carboxylic acids is 1. The minimum atomic E-state index is -0.119. The number of amides is 1. The number of benzene rings is 2. The first kappa shape index (κ1) is 13.5. The first-order valence-electron chi connectivity index (χ1n) is 7.16. The molecule has 0 radical (unpaired) electrons. The Kier molecular flexibility index (Phi) is 3.77. The first-order valence-corrected chi connectivity index (χ1v) is 7.16. The number of anilines is 1. The van der Waals surface area contributed by atoms with Gasteiger partial charge in [-0.15, -0.1) is 0 Å². The molecule has 2 aromatic rings. The van der Waals surface area contributed by atoms with Gasteiger partial charge in [-0.05, 0) is 42.7 Å². The number of aryl methyl sites for hydroxylation is 1. The van der Waals surface area contributed by atoms with Crippen LogP contribution in [0.25, 0.3) is 0 Å². The molecule has 108 valence electrons. The van der Waals surface area contributed by atoms with Crippen molar-refractivity contribution in [3.05, 3.63) is 59.2 Å². The average Bonchev–Trinajstić information content (AvgIpc) is 2.53. The van der Waals surface area contributed by atoms with Crippen LogP contribution in [0.5, 0.6) is 5.75 Å². The summed E-state index contributed by atoms with van der Waals surface area (Å²) in [4.78, 5) is 12.2. The molecule has 0 spiro atoms. The lowest BCUT2D eigenvalue weighted by Gasteiger charge is -2.18. The van der Waals surface area contributed by atoms with Gasteiger partial charge in [0.15, 0.2) is 0 Å². The Morgan fingerprint density at radius 1 is 1.24 bits per heavy atom. The van der Waals surface area contributed by atoms with Gasteiger partial charge in [0.05, 0.1) is 0 Å². The Morgan fingerprint density at radius 3 is 2.95 bits per heavy atom. The summed E-state index contributed by atoms with van der Waals surface area (Å²) in [6.07, 6.45) is 2.10. The molecular weight excluding hydrogens is 264 g/mol. The molecule has 4 nitrogen and oxygen atoms in total. The Labute approximate surface area is 123 Å². The maximum Gasteiger partial charge on any atom is 0.251 e. The highest BCUT2D eigenvalue weighted by molar-refractivity contribution is 5.95. The lowest BCUT2D eigenvalue weighted by atomic mass is 10.0. The molecule has 3 rings (SSSR count). The van der Waals surface area contributed by atoms with E-state index in [0.717, 1.165) is 25.1 Å². The van der Waals surface area contributed by atoms with Crippen molar-refractivity contribution in [2.45, 2.75) is 19.4 Å². The van der Waals surface area contributed by atoms with E-state index in [4.69, 9.17) is 0 Å². The number of rotatable bonds is 3. The van der Waals surface area contributed by atoms with E-state index in [1.165, 1.54) is 5.56 Å². The predicted molar refractivity (Wildman–Crippen MR) is 82.5 cm³/mol. The number of fused-ring (bicyclic) bond motifs is 1. The average molecular weight is 282 g/mol. The van der Waals surface area contributed by atoms with Crippen molar-refractivity contribution in [2.24, 2.45) is 0 Å². The molecule has 1 heterocycles. The van der Waals surface area contributed by atoms with Gasteiger partial charge in [-0.2, -0.15) is 0 Å². The molecule has 0 fully saturated rings. The second kappa shape index (κ2) is 5.87. The Hall–Kier alpha value is -2.49. The van der Waals surface area contributed by atoms with Crippen LogP contribution in [0.2, 0.25) is 0 Å². The molecule has 2 aromatic carbocycles. The molecule has 0 saturated carbocycles. The zero-order valence-electron chi connectivity index (χ0n) is 11.7. The van der Waals surface area contributed by atoms with Crippen LogP contribution < -0.4 is 10.6 Å². The summed E-state index contributed by atoms with van der Waals surface area (Å²) in [5.74, 6) is 0.0825. The van der Waals surface area contributed by atoms with Crippen molar-refractivity contribution in [1.29, 1.82) is 0 Å². The van der Waals surface area contributed by atoms with E-state index in [0.29, 0.717) is 17.7 Å². The highest BCUT2D eigenvalue weighted by Gasteiger charge is 2.12. The number of hydrogen-bond acceptors (Lipinski definition) is 3. The second-order valence-corrected chi connectivity index (χ2v) is 5.21. The van der Waals surface area contributed by atoms with Gasteiger partial charge in [0.1, 0.15) is 5.75 Å². The molecule has 21 heavy (non-hydrogen) atoms. The number of nitrogens with one attached hydrogen (secondary N) is 2. The monoisotopic (exact) mass is 282 g/mol. The highest BCUT2D eigenvalue weighted by Crippen LogP contribution is 2.23. The molecule has 1 aliphatic heterocycles. The van der Waals surface area contributed by atoms with Crippen LogP contribution in [-0.2, 0) is 13.0 Å². The van der Waals surface area contributed by atoms with Crippen molar-refractivity contribution >= 4 is 11.6 Å². The zero-order valence-corrected chi connectivity index (χ0v) is 11.7. The second-order valence-electron chi connectivity index (χ2n) is 5.21. The summed E-state index contributed by atoms with van der Waals surface area (Å²) in [6, 6.07) is 12.8. The number of phenolic OH excluding ortho intramolecular Hbond substituents is 1. The highest BCUT2D eigenvalue weighted by atomic mass is 16.3. The van der Waals surface area contributed by atoms with Crippen molar-refractivity contribution in [2.75, 3.05) is 11.9 Å². The zero-order chi connectivity index (χ0) is 14.7. The van der Waals surface area contributed by atoms with E-state index in [1.807, 2.05) is 24.3 Å². The van der Waals surface area contributed by atoms with Gasteiger partial charge in [0.25, 0.3) is 5.91 Å². The van der Waals surface area contributed by atoms with Gasteiger partial charge in [-0.3, -0.25) is 4.79 Å². The molecular formula is C17H18N2O2. The van der Waals surface area contributed by atoms with Gasteiger partial charge >= 0.3 is 0 Å². The molecule has 0 aliphatic carbocycles. The molecule has 0 atom stereocenters. The summed E-state index contributed by atoms with van der Waals surface area (Å²) in [5.41, 5.74) is 3.69. The van der Waals surface area contributed by atoms with Gasteiger partial charge in [-0.1, -0.05) is 18.2 Å². The van der Waals surface area contributed by atoms with Crippen molar-refractivity contribution in [1.82, 2.24) is 5.32 Å². The van der Waals surface area contributed by atoms with E-state index >= 15 is 0 Å². The van der Waals surface area contributed by atoms with Crippen LogP contribution in [0, 0.1) is 0 Å². The summed E-state index contributed by atoms with van der Waals surface area (Å²) < 4.78 is 0. The summed E-state index contributed by atoms with van der Waals surface area (Å²) in [5, 5.41) is 15.9. The maximum absolute atomic E-state index is 12.2. The smallest absolute Gasteiger partial charge is 0.251 e. The van der Waals surface area contributed by atoms with Crippen LogP contribution in [-0.4, -0.2) is 17.6 Å². The van der Waals surface area contributed by atoms with Crippen molar-refractivity contribution in [3.63, 3.8) is 0 Å². The third-order valence-electron chi connectivity index (χ3n) is 3.74. The standard InChI is InChI=1S/C17H18N2O2/c20-16-6-2-1-4-14(16)11-19-17(21)13-7-8-15-12(10-13)5-3-9-18-15/h1-2,4,6-8,10,18,20H,3,5,9,11H2,(H,19,21). The number of hydrogen-bond donors (Lipinski definition) is 3. The SMILES string of the molecule is O=C(NCc1ccccc1O)c1ccc2c(c1)CCCN2. The molecule has 0 saturated heterocycles. The van der Waals surface area contributed by atoms with E-state index in [1.54, 1.807) is 18.2 Å². The minimum absolute atomic E-state index is 0.119. The number of phenols is 1. The van der Waals surface area contributed by atoms with Crippen molar-refractivity contribution in [3.8, 4) is 5.75 Å². The first-order chi connectivity index (χ1) is 10.2. The molecule has 4 heteroatoms. The molecule has 1 aliphatic rings. The maximum atomic E-state index is 12.2. The third-order valence-corrected chi connectivity index (χ3v) is 3.74. The van der Waals surface area contributed by atoms with Crippen LogP contribution in [0.1, 0.15) is 27.9 Å². The van der Waals surface area contributed by atoms with Gasteiger partial charge in [-0.25, -0.2) is 0 Å². The Morgan fingerprint density at radius 2 is 2.10 bits per heavy atom. The number of para-hydroxylation sites is 1. The van der Waals surface area contributed by atoms with E-state index in [-0.39, 0.29) is 11.7 Å². The predicted octanol–water partition coefficient (Wildman–Crippen LogP) is 2.68. The quantitative estimate of drug-likeness (QED) is 0.811. The number of carbonyl (C=O) groups is 1. The van der Waals surface area contributed by atoms with E-state index < -0.39 is 0 Å². The minimum Gasteiger partial charge on any atom is -0.508 e. The molecule has 1 amide bonds. The fourth-order valence-electron chi connectivity index (χ4n) is 2.55. The lowest BCUT2D eigenvalue weighted by Crippen LogP contribution is -2.23.